The lowest BCUT2D eigenvalue weighted by molar-refractivity contribution is 0.575. The van der Waals surface area contributed by atoms with Crippen LogP contribution in [-0.2, 0) is 6.54 Å². The number of benzene rings is 1. The van der Waals surface area contributed by atoms with Gasteiger partial charge in [0.15, 0.2) is 0 Å². The van der Waals surface area contributed by atoms with Crippen molar-refractivity contribution in [3.8, 4) is 0 Å². The quantitative estimate of drug-likeness (QED) is 0.858. The monoisotopic (exact) mass is 283 g/mol. The summed E-state index contributed by atoms with van der Waals surface area (Å²) in [6.45, 7) is 4.49. The smallest absolute Gasteiger partial charge is 0.126 e. The van der Waals surface area contributed by atoms with Crippen LogP contribution in [0.2, 0.25) is 4.34 Å². The van der Waals surface area contributed by atoms with Crippen molar-refractivity contribution in [2.24, 2.45) is 0 Å². The van der Waals surface area contributed by atoms with E-state index in [-0.39, 0.29) is 11.9 Å². The molecular formula is C14H15ClFNS. The van der Waals surface area contributed by atoms with E-state index in [0.29, 0.717) is 12.1 Å². The third kappa shape index (κ3) is 3.31. The number of hydrogen-bond acceptors (Lipinski definition) is 2. The number of halogens is 2. The van der Waals surface area contributed by atoms with Crippen LogP contribution in [0.5, 0.6) is 0 Å². The van der Waals surface area contributed by atoms with Gasteiger partial charge in [-0.25, -0.2) is 4.39 Å². The van der Waals surface area contributed by atoms with Crippen molar-refractivity contribution < 1.29 is 4.39 Å². The topological polar surface area (TPSA) is 12.0 Å². The molecule has 1 N–H and O–H groups in total. The summed E-state index contributed by atoms with van der Waals surface area (Å²) in [5.74, 6) is -0.152. The summed E-state index contributed by atoms with van der Waals surface area (Å²) < 4.78 is 14.2. The van der Waals surface area contributed by atoms with Gasteiger partial charge in [0.2, 0.25) is 0 Å². The first-order chi connectivity index (χ1) is 8.56. The zero-order valence-corrected chi connectivity index (χ0v) is 11.9. The molecule has 1 aromatic carbocycles. The second-order valence-electron chi connectivity index (χ2n) is 4.33. The predicted molar refractivity (Wildman–Crippen MR) is 75.7 cm³/mol. The molecule has 18 heavy (non-hydrogen) atoms. The van der Waals surface area contributed by atoms with Crippen LogP contribution in [0, 0.1) is 12.7 Å². The molecule has 2 rings (SSSR count). The van der Waals surface area contributed by atoms with Gasteiger partial charge in [0.25, 0.3) is 0 Å². The Kier molecular flexibility index (Phi) is 4.38. The van der Waals surface area contributed by atoms with Gasteiger partial charge in [-0.2, -0.15) is 0 Å². The highest BCUT2D eigenvalue weighted by Crippen LogP contribution is 2.26. The van der Waals surface area contributed by atoms with Gasteiger partial charge in [0.05, 0.1) is 4.34 Å². The molecule has 2 aromatic rings. The standard InChI is InChI=1S/C14H15ClFNS/c1-9-3-4-11(7-12(9)16)8-17-10(2)13-5-6-14(15)18-13/h3-7,10,17H,8H2,1-2H3. The van der Waals surface area contributed by atoms with Gasteiger partial charge in [0, 0.05) is 17.5 Å². The van der Waals surface area contributed by atoms with Crippen LogP contribution >= 0.6 is 22.9 Å². The third-order valence-corrected chi connectivity index (χ3v) is 4.28. The Morgan fingerprint density at radius 3 is 2.72 bits per heavy atom. The molecule has 1 atom stereocenters. The van der Waals surface area contributed by atoms with Crippen LogP contribution in [0.15, 0.2) is 30.3 Å². The van der Waals surface area contributed by atoms with Gasteiger partial charge in [-0.15, -0.1) is 11.3 Å². The van der Waals surface area contributed by atoms with Crippen LogP contribution in [-0.4, -0.2) is 0 Å². The van der Waals surface area contributed by atoms with Gasteiger partial charge < -0.3 is 5.32 Å². The van der Waals surface area contributed by atoms with Crippen molar-refractivity contribution in [1.29, 1.82) is 0 Å². The largest absolute Gasteiger partial charge is 0.305 e. The number of thiophene rings is 1. The molecule has 0 fully saturated rings. The molecule has 1 heterocycles. The van der Waals surface area contributed by atoms with E-state index in [9.17, 15) is 4.39 Å². The van der Waals surface area contributed by atoms with E-state index in [1.165, 1.54) is 4.88 Å². The predicted octanol–water partition coefficient (Wildman–Crippen LogP) is 4.70. The average Bonchev–Trinajstić information content (AvgIpc) is 2.77. The Morgan fingerprint density at radius 1 is 1.33 bits per heavy atom. The second kappa shape index (κ2) is 5.83. The minimum Gasteiger partial charge on any atom is -0.305 e. The minimum absolute atomic E-state index is 0.152. The van der Waals surface area contributed by atoms with Crippen LogP contribution in [0.4, 0.5) is 4.39 Å². The zero-order valence-electron chi connectivity index (χ0n) is 10.3. The highest BCUT2D eigenvalue weighted by Gasteiger charge is 2.08. The molecule has 0 radical (unpaired) electrons. The maximum atomic E-state index is 13.4. The Labute approximate surface area is 116 Å². The molecule has 96 valence electrons. The zero-order chi connectivity index (χ0) is 13.1. The number of rotatable bonds is 4. The molecule has 4 heteroatoms. The molecule has 0 amide bonds. The highest BCUT2D eigenvalue weighted by molar-refractivity contribution is 7.16. The lowest BCUT2D eigenvalue weighted by atomic mass is 10.1. The molecule has 1 aromatic heterocycles. The molecule has 0 aliphatic heterocycles. The third-order valence-electron chi connectivity index (χ3n) is 2.87. The van der Waals surface area contributed by atoms with E-state index in [1.54, 1.807) is 30.4 Å². The normalized spacial score (nSPS) is 12.7. The molecule has 0 bridgehead atoms. The van der Waals surface area contributed by atoms with E-state index >= 15 is 0 Å². The summed E-state index contributed by atoms with van der Waals surface area (Å²) in [7, 11) is 0. The number of aryl methyl sites for hydroxylation is 1. The molecule has 0 saturated heterocycles. The Hall–Kier alpha value is -0.900. The molecular weight excluding hydrogens is 269 g/mol. The van der Waals surface area contributed by atoms with Gasteiger partial charge >= 0.3 is 0 Å². The van der Waals surface area contributed by atoms with Gasteiger partial charge in [-0.05, 0) is 43.2 Å². The summed E-state index contributed by atoms with van der Waals surface area (Å²) in [6, 6.07) is 9.45. The van der Waals surface area contributed by atoms with Crippen LogP contribution in [0.3, 0.4) is 0 Å². The van der Waals surface area contributed by atoms with E-state index in [4.69, 9.17) is 11.6 Å². The maximum Gasteiger partial charge on any atom is 0.126 e. The Bertz CT molecular complexity index is 538. The van der Waals surface area contributed by atoms with Gasteiger partial charge in [0.1, 0.15) is 5.82 Å². The summed E-state index contributed by atoms with van der Waals surface area (Å²) in [5.41, 5.74) is 1.63. The lowest BCUT2D eigenvalue weighted by Gasteiger charge is -2.12. The summed E-state index contributed by atoms with van der Waals surface area (Å²) in [5, 5.41) is 3.36. The van der Waals surface area contributed by atoms with Crippen LogP contribution in [0.25, 0.3) is 0 Å². The van der Waals surface area contributed by atoms with Crippen molar-refractivity contribution in [2.45, 2.75) is 26.4 Å². The summed E-state index contributed by atoms with van der Waals surface area (Å²) >= 11 is 7.47. The first-order valence-corrected chi connectivity index (χ1v) is 6.99. The van der Waals surface area contributed by atoms with Crippen molar-refractivity contribution in [2.75, 3.05) is 0 Å². The first kappa shape index (κ1) is 13.5. The van der Waals surface area contributed by atoms with Crippen LogP contribution < -0.4 is 5.32 Å². The molecule has 0 saturated carbocycles. The summed E-state index contributed by atoms with van der Waals surface area (Å²) in [4.78, 5) is 1.19. The van der Waals surface area contributed by atoms with Crippen molar-refractivity contribution in [3.63, 3.8) is 0 Å². The Morgan fingerprint density at radius 2 is 2.11 bits per heavy atom. The fourth-order valence-corrected chi connectivity index (χ4v) is 2.77. The summed E-state index contributed by atoms with van der Waals surface area (Å²) in [6.07, 6.45) is 0. The average molecular weight is 284 g/mol. The first-order valence-electron chi connectivity index (χ1n) is 5.80. The minimum atomic E-state index is -0.152. The highest BCUT2D eigenvalue weighted by atomic mass is 35.5. The van der Waals surface area contributed by atoms with E-state index in [1.807, 2.05) is 18.2 Å². The van der Waals surface area contributed by atoms with Crippen molar-refractivity contribution >= 4 is 22.9 Å². The molecule has 1 unspecified atom stereocenters. The van der Waals surface area contributed by atoms with Crippen LogP contribution in [0.1, 0.15) is 29.0 Å². The molecule has 0 aliphatic rings. The van der Waals surface area contributed by atoms with E-state index in [2.05, 4.69) is 12.2 Å². The van der Waals surface area contributed by atoms with Gasteiger partial charge in [-0.3, -0.25) is 0 Å². The number of hydrogen-bond donors (Lipinski definition) is 1. The van der Waals surface area contributed by atoms with E-state index in [0.717, 1.165) is 9.90 Å². The van der Waals surface area contributed by atoms with Gasteiger partial charge in [-0.1, -0.05) is 23.7 Å². The maximum absolute atomic E-state index is 13.4. The SMILES string of the molecule is Cc1ccc(CNC(C)c2ccc(Cl)s2)cc1F. The fourth-order valence-electron chi connectivity index (χ4n) is 1.68. The molecule has 1 nitrogen and oxygen atoms in total. The molecule has 0 aliphatic carbocycles. The number of nitrogens with one attached hydrogen (secondary N) is 1. The fraction of sp³-hybridized carbons (Fsp3) is 0.286. The molecule has 0 spiro atoms. The second-order valence-corrected chi connectivity index (χ2v) is 6.07. The lowest BCUT2D eigenvalue weighted by Crippen LogP contribution is -2.17. The van der Waals surface area contributed by atoms with Crippen molar-refractivity contribution in [3.05, 3.63) is 56.5 Å². The Balaban J connectivity index is 1.97. The van der Waals surface area contributed by atoms with Crippen molar-refractivity contribution in [1.82, 2.24) is 5.32 Å². The van der Waals surface area contributed by atoms with E-state index < -0.39 is 0 Å².